The van der Waals surface area contributed by atoms with Crippen molar-refractivity contribution in [2.75, 3.05) is 0 Å². The summed E-state index contributed by atoms with van der Waals surface area (Å²) in [6.45, 7) is 0. The van der Waals surface area contributed by atoms with Crippen LogP contribution in [-0.4, -0.2) is 4.21 Å². The zero-order valence-corrected chi connectivity index (χ0v) is 10.6. The van der Waals surface area contributed by atoms with E-state index in [1.54, 1.807) is 30.4 Å². The highest BCUT2D eigenvalue weighted by Crippen LogP contribution is 2.30. The maximum absolute atomic E-state index is 13.2. The van der Waals surface area contributed by atoms with Crippen LogP contribution in [0, 0.1) is 17.1 Å². The maximum atomic E-state index is 13.2. The number of hydrogen-bond donors (Lipinski definition) is 0. The van der Waals surface area contributed by atoms with E-state index >= 15 is 0 Å². The Morgan fingerprint density at radius 3 is 2.58 bits per heavy atom. The molecular formula is C15H8FNOS. The fourth-order valence-corrected chi connectivity index (χ4v) is 3.37. The van der Waals surface area contributed by atoms with E-state index in [-0.39, 0.29) is 5.82 Å². The van der Waals surface area contributed by atoms with Gasteiger partial charge in [-0.1, -0.05) is 18.2 Å². The van der Waals surface area contributed by atoms with E-state index in [0.717, 1.165) is 5.56 Å². The van der Waals surface area contributed by atoms with Crippen molar-refractivity contribution in [3.63, 3.8) is 0 Å². The molecule has 1 aliphatic rings. The average molecular weight is 269 g/mol. The van der Waals surface area contributed by atoms with Crippen LogP contribution < -0.4 is 0 Å². The second-order valence-electron chi connectivity index (χ2n) is 4.15. The first kappa shape index (κ1) is 11.8. The highest BCUT2D eigenvalue weighted by atomic mass is 32.2. The molecule has 0 saturated heterocycles. The molecule has 0 amide bonds. The van der Waals surface area contributed by atoms with Gasteiger partial charge in [0, 0.05) is 0 Å². The van der Waals surface area contributed by atoms with Gasteiger partial charge in [-0.3, -0.25) is 0 Å². The Morgan fingerprint density at radius 1 is 1.00 bits per heavy atom. The second-order valence-corrected chi connectivity index (χ2v) is 5.57. The number of benzene rings is 2. The number of hydrogen-bond acceptors (Lipinski definition) is 2. The van der Waals surface area contributed by atoms with Crippen LogP contribution in [0.1, 0.15) is 16.7 Å². The minimum Gasteiger partial charge on any atom is -0.249 e. The molecule has 1 aliphatic heterocycles. The van der Waals surface area contributed by atoms with Gasteiger partial charge in [0.05, 0.1) is 32.2 Å². The Morgan fingerprint density at radius 2 is 1.79 bits per heavy atom. The van der Waals surface area contributed by atoms with Gasteiger partial charge in [0.15, 0.2) is 0 Å². The third-order valence-corrected chi connectivity index (χ3v) is 4.48. The number of rotatable bonds is 0. The third kappa shape index (κ3) is 1.98. The third-order valence-electron chi connectivity index (χ3n) is 2.96. The lowest BCUT2D eigenvalue weighted by Gasteiger charge is -2.06. The molecule has 4 heteroatoms. The zero-order chi connectivity index (χ0) is 13.4. The van der Waals surface area contributed by atoms with Crippen molar-refractivity contribution >= 4 is 23.0 Å². The van der Waals surface area contributed by atoms with Crippen LogP contribution in [0.25, 0.3) is 12.2 Å². The summed E-state index contributed by atoms with van der Waals surface area (Å²) in [6.07, 6.45) is 3.54. The fourth-order valence-electron chi connectivity index (χ4n) is 2.02. The van der Waals surface area contributed by atoms with Gasteiger partial charge in [-0.25, -0.2) is 8.60 Å². The molecule has 1 atom stereocenters. The van der Waals surface area contributed by atoms with Crippen molar-refractivity contribution in [2.45, 2.75) is 9.79 Å². The maximum Gasteiger partial charge on any atom is 0.123 e. The summed E-state index contributed by atoms with van der Waals surface area (Å²) in [6, 6.07) is 11.3. The van der Waals surface area contributed by atoms with Crippen molar-refractivity contribution in [2.24, 2.45) is 0 Å². The van der Waals surface area contributed by atoms with Crippen LogP contribution in [0.4, 0.5) is 4.39 Å². The van der Waals surface area contributed by atoms with E-state index in [9.17, 15) is 8.60 Å². The van der Waals surface area contributed by atoms with E-state index in [1.165, 1.54) is 18.2 Å². The Bertz CT molecular complexity index is 774. The lowest BCUT2D eigenvalue weighted by atomic mass is 10.1. The predicted octanol–water partition coefficient (Wildman–Crippen LogP) is 3.35. The van der Waals surface area contributed by atoms with E-state index in [4.69, 9.17) is 5.26 Å². The summed E-state index contributed by atoms with van der Waals surface area (Å²) in [5.74, 6) is -0.357. The molecule has 0 spiro atoms. The van der Waals surface area contributed by atoms with Crippen molar-refractivity contribution in [3.8, 4) is 6.07 Å². The summed E-state index contributed by atoms with van der Waals surface area (Å²) >= 11 is 0. The van der Waals surface area contributed by atoms with Crippen molar-refractivity contribution in [1.82, 2.24) is 0 Å². The van der Waals surface area contributed by atoms with E-state index in [2.05, 4.69) is 0 Å². The van der Waals surface area contributed by atoms with Gasteiger partial charge in [-0.05, 0) is 41.5 Å². The average Bonchev–Trinajstić information content (AvgIpc) is 2.56. The molecule has 2 aromatic rings. The second kappa shape index (κ2) is 4.45. The first-order valence-electron chi connectivity index (χ1n) is 5.62. The van der Waals surface area contributed by atoms with Crippen LogP contribution in [0.2, 0.25) is 0 Å². The summed E-state index contributed by atoms with van der Waals surface area (Å²) in [5, 5.41) is 8.91. The summed E-state index contributed by atoms with van der Waals surface area (Å²) in [4.78, 5) is 1.15. The Balaban J connectivity index is 2.26. The normalized spacial score (nSPS) is 16.1. The fraction of sp³-hybridized carbons (Fsp3) is 0. The van der Waals surface area contributed by atoms with Gasteiger partial charge in [0.25, 0.3) is 0 Å². The molecule has 2 aromatic carbocycles. The number of nitrogens with zero attached hydrogens (tertiary/aromatic N) is 1. The van der Waals surface area contributed by atoms with Gasteiger partial charge in [0.2, 0.25) is 0 Å². The Kier molecular flexibility index (Phi) is 2.77. The molecule has 0 N–H and O–H groups in total. The summed E-state index contributed by atoms with van der Waals surface area (Å²) in [5.41, 5.74) is 1.85. The lowest BCUT2D eigenvalue weighted by Crippen LogP contribution is -1.97. The van der Waals surface area contributed by atoms with Crippen LogP contribution in [-0.2, 0) is 10.8 Å². The molecule has 92 valence electrons. The van der Waals surface area contributed by atoms with Crippen molar-refractivity contribution in [1.29, 1.82) is 5.26 Å². The SMILES string of the molecule is N#Cc1ccc2c(c1)S(=O)c1ccc(F)cc1C=C2. The topological polar surface area (TPSA) is 40.9 Å². The van der Waals surface area contributed by atoms with Crippen molar-refractivity contribution < 1.29 is 8.60 Å². The zero-order valence-electron chi connectivity index (χ0n) is 9.76. The minimum absolute atomic E-state index is 0.357. The molecule has 2 nitrogen and oxygen atoms in total. The molecule has 1 heterocycles. The summed E-state index contributed by atoms with van der Waals surface area (Å²) in [7, 11) is -1.41. The number of fused-ring (bicyclic) bond motifs is 2. The highest BCUT2D eigenvalue weighted by molar-refractivity contribution is 7.85. The Hall–Kier alpha value is -2.25. The van der Waals surface area contributed by atoms with Crippen LogP contribution in [0.3, 0.4) is 0 Å². The monoisotopic (exact) mass is 269 g/mol. The largest absolute Gasteiger partial charge is 0.249 e. The molecule has 0 bridgehead atoms. The highest BCUT2D eigenvalue weighted by Gasteiger charge is 2.17. The van der Waals surface area contributed by atoms with Crippen LogP contribution in [0.5, 0.6) is 0 Å². The molecule has 1 unspecified atom stereocenters. The van der Waals surface area contributed by atoms with E-state index in [1.807, 2.05) is 6.07 Å². The van der Waals surface area contributed by atoms with E-state index < -0.39 is 10.8 Å². The smallest absolute Gasteiger partial charge is 0.123 e. The predicted molar refractivity (Wildman–Crippen MR) is 71.2 cm³/mol. The molecule has 19 heavy (non-hydrogen) atoms. The quantitative estimate of drug-likeness (QED) is 0.628. The molecule has 0 aliphatic carbocycles. The van der Waals surface area contributed by atoms with Gasteiger partial charge in [-0.15, -0.1) is 0 Å². The molecule has 3 rings (SSSR count). The number of halogens is 1. The minimum atomic E-state index is -1.41. The Labute approximate surface area is 112 Å². The van der Waals surface area contributed by atoms with Crippen molar-refractivity contribution in [3.05, 3.63) is 58.9 Å². The molecule has 0 saturated carbocycles. The summed E-state index contributed by atoms with van der Waals surface area (Å²) < 4.78 is 25.8. The molecule has 0 fully saturated rings. The first-order chi connectivity index (χ1) is 9.19. The first-order valence-corrected chi connectivity index (χ1v) is 6.77. The molecule has 0 aromatic heterocycles. The van der Waals surface area contributed by atoms with Gasteiger partial charge in [0.1, 0.15) is 5.82 Å². The lowest BCUT2D eigenvalue weighted by molar-refractivity contribution is 0.625. The van der Waals surface area contributed by atoms with Crippen LogP contribution in [0.15, 0.2) is 46.2 Å². The van der Waals surface area contributed by atoms with Gasteiger partial charge < -0.3 is 0 Å². The van der Waals surface area contributed by atoms with E-state index in [0.29, 0.717) is 20.9 Å². The standard InChI is InChI=1S/C15H8FNOS/c16-13-5-6-14-12(8-13)4-3-11-2-1-10(9-17)7-15(11)19(14)18/h1-8H. The number of nitriles is 1. The molecule has 0 radical (unpaired) electrons. The van der Waals surface area contributed by atoms with Gasteiger partial charge in [-0.2, -0.15) is 5.26 Å². The molecular weight excluding hydrogens is 261 g/mol. The van der Waals surface area contributed by atoms with Crippen LogP contribution >= 0.6 is 0 Å². The van der Waals surface area contributed by atoms with Gasteiger partial charge >= 0.3 is 0 Å².